The first-order chi connectivity index (χ1) is 18.8. The van der Waals surface area contributed by atoms with E-state index < -0.39 is 0 Å². The summed E-state index contributed by atoms with van der Waals surface area (Å²) in [6.45, 7) is 3.34. The predicted octanol–water partition coefficient (Wildman–Crippen LogP) is 6.52. The summed E-state index contributed by atoms with van der Waals surface area (Å²) in [5, 5.41) is 15.6. The number of allylic oxidation sites excluding steroid dienone is 2. The molecule has 1 saturated heterocycles. The number of H-pyrrole nitrogens is 2. The van der Waals surface area contributed by atoms with E-state index in [0.717, 1.165) is 56.6 Å². The van der Waals surface area contributed by atoms with Gasteiger partial charge in [0, 0.05) is 57.8 Å². The topological polar surface area (TPSA) is 73.5 Å². The largest absolute Gasteiger partial charge is 0.353 e. The molecule has 6 nitrogen and oxygen atoms in total. The van der Waals surface area contributed by atoms with Gasteiger partial charge in [-0.3, -0.25) is 20.0 Å². The van der Waals surface area contributed by atoms with Crippen molar-refractivity contribution < 1.29 is 0 Å². The van der Waals surface area contributed by atoms with E-state index in [-0.39, 0.29) is 10.5 Å². The minimum absolute atomic E-state index is 0.287. The van der Waals surface area contributed by atoms with Crippen molar-refractivity contribution >= 4 is 43.2 Å². The van der Waals surface area contributed by atoms with Crippen LogP contribution in [0, 0.1) is 0 Å². The lowest BCUT2D eigenvalue weighted by atomic mass is 10.0. The van der Waals surface area contributed by atoms with Crippen LogP contribution in [0.25, 0.3) is 49.9 Å². The SMILES string of the molecule is C1=CC2C=S2C=C1c1nccc2[nH]c(-c3n[nH]c4ccc(-c5cncc(CN6CCCCC6)c5)cc34)cc12. The van der Waals surface area contributed by atoms with Crippen molar-refractivity contribution in [1.29, 1.82) is 0 Å². The first kappa shape index (κ1) is 22.2. The molecule has 1 fully saturated rings. The van der Waals surface area contributed by atoms with Gasteiger partial charge in [0.15, 0.2) is 0 Å². The average molecular weight is 517 g/mol. The fraction of sp³-hybridized carbons (Fsp3) is 0.226. The summed E-state index contributed by atoms with van der Waals surface area (Å²) in [7, 11) is 0.287. The minimum Gasteiger partial charge on any atom is -0.353 e. The smallest absolute Gasteiger partial charge is 0.116 e. The maximum atomic E-state index is 4.76. The first-order valence-electron chi connectivity index (χ1n) is 13.4. The Kier molecular flexibility index (Phi) is 5.19. The van der Waals surface area contributed by atoms with Gasteiger partial charge in [-0.05, 0) is 78.2 Å². The molecule has 38 heavy (non-hydrogen) atoms. The summed E-state index contributed by atoms with van der Waals surface area (Å²) < 4.78 is 0. The van der Waals surface area contributed by atoms with E-state index in [0.29, 0.717) is 5.25 Å². The van der Waals surface area contributed by atoms with E-state index >= 15 is 0 Å². The summed E-state index contributed by atoms with van der Waals surface area (Å²) >= 11 is 0. The van der Waals surface area contributed by atoms with Crippen molar-refractivity contribution in [2.24, 2.45) is 0 Å². The van der Waals surface area contributed by atoms with Crippen molar-refractivity contribution in [2.75, 3.05) is 13.1 Å². The van der Waals surface area contributed by atoms with Gasteiger partial charge in [0.1, 0.15) is 5.69 Å². The Bertz CT molecular complexity index is 1800. The Morgan fingerprint density at radius 1 is 0.921 bits per heavy atom. The van der Waals surface area contributed by atoms with Crippen LogP contribution in [0.2, 0.25) is 0 Å². The summed E-state index contributed by atoms with van der Waals surface area (Å²) in [6.07, 6.45) is 14.3. The zero-order valence-electron chi connectivity index (χ0n) is 21.0. The van der Waals surface area contributed by atoms with Crippen molar-refractivity contribution in [1.82, 2.24) is 30.0 Å². The number of pyridine rings is 2. The fourth-order valence-electron chi connectivity index (χ4n) is 5.81. The van der Waals surface area contributed by atoms with Crippen LogP contribution in [0.4, 0.5) is 0 Å². The van der Waals surface area contributed by atoms with E-state index in [4.69, 9.17) is 10.1 Å². The minimum atomic E-state index is 0.287. The third-order valence-electron chi connectivity index (χ3n) is 7.88. The van der Waals surface area contributed by atoms with E-state index in [1.54, 1.807) is 0 Å². The van der Waals surface area contributed by atoms with Gasteiger partial charge in [0.2, 0.25) is 0 Å². The number of piperidine rings is 1. The van der Waals surface area contributed by atoms with Crippen LogP contribution in [0.1, 0.15) is 30.5 Å². The predicted molar refractivity (Wildman–Crippen MR) is 158 cm³/mol. The monoisotopic (exact) mass is 516 g/mol. The molecule has 0 spiro atoms. The highest BCUT2D eigenvalue weighted by molar-refractivity contribution is 8.26. The van der Waals surface area contributed by atoms with Crippen LogP contribution in [-0.2, 0) is 6.54 Å². The molecule has 2 atom stereocenters. The molecule has 5 aromatic rings. The number of nitrogens with one attached hydrogen (secondary N) is 2. The van der Waals surface area contributed by atoms with Crippen molar-refractivity contribution in [3.05, 3.63) is 83.8 Å². The summed E-state index contributed by atoms with van der Waals surface area (Å²) in [5.41, 5.74) is 9.82. The molecule has 7 heteroatoms. The second kappa shape index (κ2) is 8.89. The van der Waals surface area contributed by atoms with Gasteiger partial charge in [-0.25, -0.2) is 0 Å². The molecule has 4 aromatic heterocycles. The third-order valence-corrected chi connectivity index (χ3v) is 9.62. The number of benzene rings is 1. The number of hydrogen-bond donors (Lipinski definition) is 2. The Hall–Kier alpha value is -3.81. The molecular formula is C31H28N6S. The van der Waals surface area contributed by atoms with Gasteiger partial charge in [0.05, 0.1) is 16.9 Å². The van der Waals surface area contributed by atoms with Crippen LogP contribution >= 0.6 is 10.5 Å². The van der Waals surface area contributed by atoms with Gasteiger partial charge in [-0.15, -0.1) is 0 Å². The maximum absolute atomic E-state index is 4.76. The number of aromatic nitrogens is 5. The second-order valence-electron chi connectivity index (χ2n) is 10.5. The molecule has 0 bridgehead atoms. The molecule has 0 saturated carbocycles. The van der Waals surface area contributed by atoms with Crippen molar-refractivity contribution in [3.8, 4) is 22.5 Å². The average Bonchev–Trinajstić information content (AvgIpc) is 3.40. The lowest BCUT2D eigenvalue weighted by Crippen LogP contribution is -2.29. The number of hydrogen-bond acceptors (Lipinski definition) is 4. The zero-order chi connectivity index (χ0) is 25.1. The van der Waals surface area contributed by atoms with Gasteiger partial charge in [0.25, 0.3) is 0 Å². The number of likely N-dealkylation sites (tertiary alicyclic amines) is 1. The van der Waals surface area contributed by atoms with Crippen LogP contribution in [-0.4, -0.2) is 53.8 Å². The molecule has 2 N–H and O–H groups in total. The highest BCUT2D eigenvalue weighted by Crippen LogP contribution is 2.43. The molecule has 0 radical (unpaired) electrons. The normalized spacial score (nSPS) is 20.9. The van der Waals surface area contributed by atoms with Crippen LogP contribution in [0.3, 0.4) is 0 Å². The van der Waals surface area contributed by atoms with E-state index in [1.165, 1.54) is 43.5 Å². The molecule has 3 aliphatic heterocycles. The van der Waals surface area contributed by atoms with Gasteiger partial charge >= 0.3 is 0 Å². The van der Waals surface area contributed by atoms with Crippen molar-refractivity contribution in [3.63, 3.8) is 0 Å². The fourth-order valence-corrected chi connectivity index (χ4v) is 7.32. The summed E-state index contributed by atoms with van der Waals surface area (Å²) in [5.74, 6) is 0. The van der Waals surface area contributed by atoms with Crippen LogP contribution < -0.4 is 0 Å². The number of rotatable bonds is 5. The molecule has 0 amide bonds. The number of nitrogens with zero attached hydrogens (tertiary/aromatic N) is 4. The van der Waals surface area contributed by atoms with E-state index in [1.807, 2.05) is 24.7 Å². The van der Waals surface area contributed by atoms with Crippen molar-refractivity contribution in [2.45, 2.75) is 31.1 Å². The zero-order valence-corrected chi connectivity index (χ0v) is 21.8. The molecule has 1 aromatic carbocycles. The highest BCUT2D eigenvalue weighted by atomic mass is 32.2. The van der Waals surface area contributed by atoms with E-state index in [9.17, 15) is 0 Å². The number of fused-ring (bicyclic) bond motifs is 3. The molecule has 7 heterocycles. The molecule has 3 aliphatic rings. The maximum Gasteiger partial charge on any atom is 0.116 e. The molecule has 2 unspecified atom stereocenters. The molecule has 8 rings (SSSR count). The molecule has 0 aliphatic carbocycles. The Morgan fingerprint density at radius 3 is 2.76 bits per heavy atom. The number of aromatic amines is 2. The highest BCUT2D eigenvalue weighted by Gasteiger charge is 2.23. The molecular weight excluding hydrogens is 488 g/mol. The summed E-state index contributed by atoms with van der Waals surface area (Å²) in [6, 6.07) is 13.0. The van der Waals surface area contributed by atoms with Crippen LogP contribution in [0.5, 0.6) is 0 Å². The Balaban J connectivity index is 1.16. The van der Waals surface area contributed by atoms with Crippen LogP contribution in [0.15, 0.2) is 72.5 Å². The van der Waals surface area contributed by atoms with Gasteiger partial charge in [-0.2, -0.15) is 15.6 Å². The standard InChI is InChI=1S/C31H28N6S/c1-2-10-37(11-3-1)17-20-12-23(16-32-15-20)21-5-7-28-25(13-21)31(36-35-28)29-14-26-27(34-29)8-9-33-30(26)22-4-6-24-19-38(24)18-22/h4-9,12-16,18-19,24,34H,1-3,10-11,17H2,(H,35,36). The Morgan fingerprint density at radius 2 is 1.84 bits per heavy atom. The van der Waals surface area contributed by atoms with Gasteiger partial charge in [-0.1, -0.05) is 24.6 Å². The summed E-state index contributed by atoms with van der Waals surface area (Å²) in [4.78, 5) is 15.5. The van der Waals surface area contributed by atoms with Gasteiger partial charge < -0.3 is 4.98 Å². The lowest BCUT2D eigenvalue weighted by molar-refractivity contribution is 0.220. The quantitative estimate of drug-likeness (QED) is 0.261. The van der Waals surface area contributed by atoms with E-state index in [2.05, 4.69) is 73.2 Å². The second-order valence-corrected chi connectivity index (χ2v) is 12.4. The first-order valence-corrected chi connectivity index (χ1v) is 14.8. The lowest BCUT2D eigenvalue weighted by Gasteiger charge is -2.26. The molecule has 188 valence electrons. The Labute approximate surface area is 223 Å². The third kappa shape index (κ3) is 3.94.